The number of ether oxygens (including phenoxy) is 2. The van der Waals surface area contributed by atoms with Crippen LogP contribution in [0.5, 0.6) is 5.06 Å². The summed E-state index contributed by atoms with van der Waals surface area (Å²) in [7, 11) is 0. The van der Waals surface area contributed by atoms with Gasteiger partial charge in [0.2, 0.25) is 0 Å². The molecule has 3 amide bonds. The number of aromatic nitrogens is 1. The number of hydrogen-bond acceptors (Lipinski definition) is 7. The van der Waals surface area contributed by atoms with Crippen molar-refractivity contribution < 1.29 is 23.9 Å². The summed E-state index contributed by atoms with van der Waals surface area (Å²) in [6.07, 6.45) is 7.60. The molecule has 4 rings (SSSR count). The molecule has 10 heteroatoms. The van der Waals surface area contributed by atoms with E-state index in [2.05, 4.69) is 21.5 Å². The minimum Gasteiger partial charge on any atom is -0.399 e. The van der Waals surface area contributed by atoms with Crippen LogP contribution in [0.25, 0.3) is 0 Å². The minimum absolute atomic E-state index is 0.0437. The van der Waals surface area contributed by atoms with Crippen LogP contribution in [0.3, 0.4) is 0 Å². The largest absolute Gasteiger partial charge is 0.414 e. The average molecular weight is 491 g/mol. The van der Waals surface area contributed by atoms with Gasteiger partial charge in [-0.1, -0.05) is 23.3 Å². The van der Waals surface area contributed by atoms with Crippen molar-refractivity contribution in [2.45, 2.75) is 13.0 Å². The number of anilines is 2. The van der Waals surface area contributed by atoms with Crippen LogP contribution in [0, 0.1) is 19.3 Å². The maximum absolute atomic E-state index is 13.2. The van der Waals surface area contributed by atoms with Crippen LogP contribution in [-0.4, -0.2) is 42.7 Å². The summed E-state index contributed by atoms with van der Waals surface area (Å²) in [6, 6.07) is 10.8. The lowest BCUT2D eigenvalue weighted by atomic mass is 10.1. The van der Waals surface area contributed by atoms with Crippen LogP contribution >= 0.6 is 11.3 Å². The standard InChI is InChI=1S/C25H22N4O5S/c1-3-19-7-9-22(35-19)34-25(32)28-23(17-5-4-10-26-14-17)24(31)27-18-6-8-20(16(2)13-18)29-11-12-33-15-21(29)30/h1,4-10,13-14,23H,11-12,15H2,2H3,(H,27,31)(H,28,32). The third kappa shape index (κ3) is 5.84. The van der Waals surface area contributed by atoms with Crippen molar-refractivity contribution in [3.8, 4) is 17.4 Å². The lowest BCUT2D eigenvalue weighted by molar-refractivity contribution is -0.125. The Labute approximate surface area is 206 Å². The first-order valence-corrected chi connectivity index (χ1v) is 11.5. The van der Waals surface area contributed by atoms with E-state index in [0.29, 0.717) is 34.3 Å². The Hall–Kier alpha value is -4.20. The van der Waals surface area contributed by atoms with Gasteiger partial charge in [0.1, 0.15) is 12.6 Å². The number of carbonyl (C=O) groups excluding carboxylic acids is 3. The fourth-order valence-electron chi connectivity index (χ4n) is 3.56. The fourth-order valence-corrected chi connectivity index (χ4v) is 4.23. The molecular weight excluding hydrogens is 468 g/mol. The van der Waals surface area contributed by atoms with Crippen LogP contribution < -0.4 is 20.3 Å². The van der Waals surface area contributed by atoms with E-state index in [1.54, 1.807) is 53.6 Å². The van der Waals surface area contributed by atoms with Crippen molar-refractivity contribution in [1.82, 2.24) is 10.3 Å². The number of pyridine rings is 1. The van der Waals surface area contributed by atoms with Crippen molar-refractivity contribution in [3.05, 3.63) is 70.9 Å². The molecular formula is C25H22N4O5S. The quantitative estimate of drug-likeness (QED) is 0.514. The smallest absolute Gasteiger partial charge is 0.399 e. The van der Waals surface area contributed by atoms with Gasteiger partial charge in [-0.3, -0.25) is 14.6 Å². The molecule has 2 aromatic heterocycles. The van der Waals surface area contributed by atoms with E-state index in [1.165, 1.54) is 6.20 Å². The summed E-state index contributed by atoms with van der Waals surface area (Å²) in [5, 5.41) is 5.71. The second-order valence-electron chi connectivity index (χ2n) is 7.60. The Morgan fingerprint density at radius 3 is 2.83 bits per heavy atom. The number of amides is 3. The minimum atomic E-state index is -1.07. The summed E-state index contributed by atoms with van der Waals surface area (Å²) in [5.74, 6) is 1.87. The van der Waals surface area contributed by atoms with Crippen LogP contribution in [0.2, 0.25) is 0 Å². The first kappa shape index (κ1) is 23.9. The molecule has 1 fully saturated rings. The summed E-state index contributed by atoms with van der Waals surface area (Å²) >= 11 is 1.14. The number of thiophene rings is 1. The van der Waals surface area contributed by atoms with E-state index in [0.717, 1.165) is 22.6 Å². The number of terminal acetylenes is 1. The number of rotatable bonds is 6. The molecule has 9 nitrogen and oxygen atoms in total. The van der Waals surface area contributed by atoms with Crippen molar-refractivity contribution in [3.63, 3.8) is 0 Å². The Morgan fingerprint density at radius 2 is 2.14 bits per heavy atom. The molecule has 1 aromatic carbocycles. The first-order valence-electron chi connectivity index (χ1n) is 10.7. The van der Waals surface area contributed by atoms with Crippen molar-refractivity contribution in [1.29, 1.82) is 0 Å². The third-order valence-corrected chi connectivity index (χ3v) is 6.09. The van der Waals surface area contributed by atoms with Gasteiger partial charge in [0.25, 0.3) is 11.8 Å². The molecule has 1 saturated heterocycles. The maximum atomic E-state index is 13.2. The highest BCUT2D eigenvalue weighted by molar-refractivity contribution is 7.14. The highest BCUT2D eigenvalue weighted by atomic mass is 32.1. The number of aryl methyl sites for hydroxylation is 1. The second-order valence-corrected chi connectivity index (χ2v) is 8.65. The predicted molar refractivity (Wildman–Crippen MR) is 131 cm³/mol. The van der Waals surface area contributed by atoms with E-state index >= 15 is 0 Å². The van der Waals surface area contributed by atoms with Gasteiger partial charge in [0.15, 0.2) is 5.06 Å². The van der Waals surface area contributed by atoms with E-state index in [9.17, 15) is 14.4 Å². The molecule has 0 spiro atoms. The summed E-state index contributed by atoms with van der Waals surface area (Å²) in [5.41, 5.74) is 2.55. The number of hydrogen-bond donors (Lipinski definition) is 2. The maximum Gasteiger partial charge on any atom is 0.414 e. The van der Waals surface area contributed by atoms with E-state index in [1.807, 2.05) is 6.92 Å². The average Bonchev–Trinajstić information content (AvgIpc) is 3.31. The number of carbonyl (C=O) groups is 3. The summed E-state index contributed by atoms with van der Waals surface area (Å²) in [4.78, 5) is 44.2. The molecule has 3 aromatic rings. The SMILES string of the molecule is C#Cc1ccc(OC(=O)NC(C(=O)Nc2ccc(N3CCOCC3=O)c(C)c2)c2cccnc2)s1. The Bertz CT molecular complexity index is 1280. The molecule has 0 aliphatic carbocycles. The van der Waals surface area contributed by atoms with Crippen molar-refractivity contribution in [2.24, 2.45) is 0 Å². The van der Waals surface area contributed by atoms with Gasteiger partial charge in [0, 0.05) is 35.9 Å². The molecule has 1 aliphatic heterocycles. The van der Waals surface area contributed by atoms with Crippen LogP contribution in [0.15, 0.2) is 54.9 Å². The molecule has 0 bridgehead atoms. The van der Waals surface area contributed by atoms with Gasteiger partial charge in [0.05, 0.1) is 11.5 Å². The lowest BCUT2D eigenvalue weighted by Crippen LogP contribution is -2.42. The molecule has 0 radical (unpaired) electrons. The number of morpholine rings is 1. The highest BCUT2D eigenvalue weighted by Gasteiger charge is 2.26. The van der Waals surface area contributed by atoms with Gasteiger partial charge in [-0.25, -0.2) is 4.79 Å². The zero-order chi connectivity index (χ0) is 24.8. The van der Waals surface area contributed by atoms with Crippen LogP contribution in [0.4, 0.5) is 16.2 Å². The van der Waals surface area contributed by atoms with Crippen molar-refractivity contribution in [2.75, 3.05) is 30.0 Å². The molecule has 2 N–H and O–H groups in total. The monoisotopic (exact) mass is 490 g/mol. The Kier molecular flexibility index (Phi) is 7.40. The summed E-state index contributed by atoms with van der Waals surface area (Å²) < 4.78 is 10.5. The fraction of sp³-hybridized carbons (Fsp3) is 0.200. The first-order chi connectivity index (χ1) is 16.9. The molecule has 0 saturated carbocycles. The Morgan fingerprint density at radius 1 is 1.29 bits per heavy atom. The normalized spacial score (nSPS) is 14.1. The van der Waals surface area contributed by atoms with Gasteiger partial charge < -0.3 is 25.0 Å². The number of nitrogens with zero attached hydrogens (tertiary/aromatic N) is 2. The third-order valence-electron chi connectivity index (χ3n) is 5.20. The van der Waals surface area contributed by atoms with Gasteiger partial charge in [-0.2, -0.15) is 0 Å². The number of benzene rings is 1. The molecule has 3 heterocycles. The second kappa shape index (κ2) is 10.8. The number of nitrogens with one attached hydrogen (secondary N) is 2. The topological polar surface area (TPSA) is 110 Å². The van der Waals surface area contributed by atoms with E-state index in [-0.39, 0.29) is 12.5 Å². The van der Waals surface area contributed by atoms with E-state index in [4.69, 9.17) is 15.9 Å². The van der Waals surface area contributed by atoms with Gasteiger partial charge >= 0.3 is 6.09 Å². The molecule has 178 valence electrons. The molecule has 1 unspecified atom stereocenters. The summed E-state index contributed by atoms with van der Waals surface area (Å²) in [6.45, 7) is 2.83. The molecule has 1 aliphatic rings. The Balaban J connectivity index is 1.49. The lowest BCUT2D eigenvalue weighted by Gasteiger charge is -2.28. The van der Waals surface area contributed by atoms with Gasteiger partial charge in [-0.15, -0.1) is 6.42 Å². The highest BCUT2D eigenvalue weighted by Crippen LogP contribution is 2.26. The molecule has 35 heavy (non-hydrogen) atoms. The van der Waals surface area contributed by atoms with E-state index < -0.39 is 18.0 Å². The molecule has 1 atom stereocenters. The van der Waals surface area contributed by atoms with Crippen molar-refractivity contribution >= 4 is 40.6 Å². The zero-order valence-corrected chi connectivity index (χ0v) is 19.6. The van der Waals surface area contributed by atoms with Crippen LogP contribution in [-0.2, 0) is 14.3 Å². The van der Waals surface area contributed by atoms with Crippen LogP contribution in [0.1, 0.15) is 22.0 Å². The predicted octanol–water partition coefficient (Wildman–Crippen LogP) is 3.26. The van der Waals surface area contributed by atoms with Gasteiger partial charge in [-0.05, 0) is 48.9 Å². The zero-order valence-electron chi connectivity index (χ0n) is 18.8.